The third-order valence-corrected chi connectivity index (χ3v) is 3.42. The van der Waals surface area contributed by atoms with Crippen molar-refractivity contribution in [2.24, 2.45) is 5.73 Å². The first-order valence-electron chi connectivity index (χ1n) is 4.31. The van der Waals surface area contributed by atoms with Gasteiger partial charge in [-0.05, 0) is 18.1 Å². The molecule has 3 N–H and O–H groups in total. The van der Waals surface area contributed by atoms with Gasteiger partial charge in [-0.1, -0.05) is 34.1 Å². The molecule has 1 aliphatic rings. The maximum absolute atomic E-state index is 9.05. The predicted molar refractivity (Wildman–Crippen MR) is 55.5 cm³/mol. The Bertz CT molecular complexity index is 328. The number of aliphatic hydroxyl groups excluding tert-OH is 1. The van der Waals surface area contributed by atoms with Gasteiger partial charge < -0.3 is 10.8 Å². The first-order valence-corrected chi connectivity index (χ1v) is 5.11. The molecule has 2 atom stereocenters. The van der Waals surface area contributed by atoms with Crippen LogP contribution >= 0.6 is 15.9 Å². The molecule has 1 saturated carbocycles. The summed E-state index contributed by atoms with van der Waals surface area (Å²) in [5, 5.41) is 9.05. The molecule has 2 nitrogen and oxygen atoms in total. The summed E-state index contributed by atoms with van der Waals surface area (Å²) in [6, 6.07) is 8.04. The van der Waals surface area contributed by atoms with Crippen LogP contribution in [0.25, 0.3) is 0 Å². The summed E-state index contributed by atoms with van der Waals surface area (Å²) >= 11 is 3.48. The second-order valence-corrected chi connectivity index (χ2v) is 4.52. The first kappa shape index (κ1) is 9.19. The van der Waals surface area contributed by atoms with Crippen LogP contribution in [0, 0.1) is 0 Å². The maximum Gasteiger partial charge on any atom is 0.0617 e. The molecule has 3 heteroatoms. The van der Waals surface area contributed by atoms with E-state index in [9.17, 15) is 0 Å². The minimum Gasteiger partial charge on any atom is -0.394 e. The van der Waals surface area contributed by atoms with Crippen molar-refractivity contribution in [1.29, 1.82) is 0 Å². The summed E-state index contributed by atoms with van der Waals surface area (Å²) in [6.45, 7) is 0.0685. The van der Waals surface area contributed by atoms with Gasteiger partial charge >= 0.3 is 0 Å². The Hall–Kier alpha value is -0.380. The van der Waals surface area contributed by atoms with Gasteiger partial charge in [-0.3, -0.25) is 0 Å². The van der Waals surface area contributed by atoms with Crippen LogP contribution in [-0.2, 0) is 0 Å². The van der Waals surface area contributed by atoms with Crippen LogP contribution in [0.15, 0.2) is 28.7 Å². The largest absolute Gasteiger partial charge is 0.394 e. The van der Waals surface area contributed by atoms with Gasteiger partial charge in [-0.15, -0.1) is 0 Å². The molecule has 0 aliphatic heterocycles. The molecule has 2 rings (SSSR count). The fraction of sp³-hybridized carbons (Fsp3) is 0.400. The molecule has 1 fully saturated rings. The zero-order valence-electron chi connectivity index (χ0n) is 7.20. The summed E-state index contributed by atoms with van der Waals surface area (Å²) in [4.78, 5) is 0. The van der Waals surface area contributed by atoms with Gasteiger partial charge in [-0.2, -0.15) is 0 Å². The fourth-order valence-electron chi connectivity index (χ4n) is 1.67. The van der Waals surface area contributed by atoms with Crippen molar-refractivity contribution in [3.8, 4) is 0 Å². The van der Waals surface area contributed by atoms with Crippen LogP contribution in [-0.4, -0.2) is 17.3 Å². The lowest BCUT2D eigenvalue weighted by molar-refractivity contribution is 0.253. The van der Waals surface area contributed by atoms with E-state index in [1.165, 1.54) is 5.56 Å². The van der Waals surface area contributed by atoms with Crippen molar-refractivity contribution in [3.05, 3.63) is 34.3 Å². The molecule has 1 aromatic rings. The minimum absolute atomic E-state index is 0.0685. The van der Waals surface area contributed by atoms with Gasteiger partial charge in [0.05, 0.1) is 6.61 Å². The molecule has 0 radical (unpaired) electrons. The Labute approximate surface area is 85.9 Å². The van der Waals surface area contributed by atoms with Crippen molar-refractivity contribution >= 4 is 15.9 Å². The van der Waals surface area contributed by atoms with Crippen LogP contribution in [0.5, 0.6) is 0 Å². The van der Waals surface area contributed by atoms with Gasteiger partial charge in [0.1, 0.15) is 0 Å². The lowest BCUT2D eigenvalue weighted by atomic mass is 10.1. The number of rotatable bonds is 2. The predicted octanol–water partition coefficient (Wildman–Crippen LogP) is 1.63. The molecular weight excluding hydrogens is 230 g/mol. The van der Waals surface area contributed by atoms with Crippen LogP contribution in [0.4, 0.5) is 0 Å². The topological polar surface area (TPSA) is 46.2 Å². The Balaban J connectivity index is 2.25. The molecule has 13 heavy (non-hydrogen) atoms. The fourth-order valence-corrected chi connectivity index (χ4v) is 2.23. The molecule has 0 saturated heterocycles. The lowest BCUT2D eigenvalue weighted by Gasteiger charge is -2.08. The molecule has 70 valence electrons. The van der Waals surface area contributed by atoms with Gasteiger partial charge in [0.2, 0.25) is 0 Å². The van der Waals surface area contributed by atoms with E-state index < -0.39 is 0 Å². The summed E-state index contributed by atoms with van der Waals surface area (Å²) in [7, 11) is 0. The SMILES string of the molecule is NC1(CO)CC1c1ccccc1Br. The van der Waals surface area contributed by atoms with E-state index in [0.29, 0.717) is 5.92 Å². The van der Waals surface area contributed by atoms with Gasteiger partial charge in [0.15, 0.2) is 0 Å². The highest BCUT2D eigenvalue weighted by Crippen LogP contribution is 2.50. The first-order chi connectivity index (χ1) is 6.17. The lowest BCUT2D eigenvalue weighted by Crippen LogP contribution is -2.28. The number of aliphatic hydroxyl groups is 1. The van der Waals surface area contributed by atoms with E-state index >= 15 is 0 Å². The minimum atomic E-state index is -0.371. The highest BCUT2D eigenvalue weighted by Gasteiger charge is 2.51. The quantitative estimate of drug-likeness (QED) is 0.827. The molecule has 0 heterocycles. The summed E-state index contributed by atoms with van der Waals surface area (Å²) in [5.74, 6) is 0.313. The van der Waals surface area contributed by atoms with Crippen molar-refractivity contribution < 1.29 is 5.11 Å². The second-order valence-electron chi connectivity index (χ2n) is 3.67. The highest BCUT2D eigenvalue weighted by atomic mass is 79.9. The van der Waals surface area contributed by atoms with Gasteiger partial charge in [0, 0.05) is 15.9 Å². The summed E-state index contributed by atoms with van der Waals surface area (Å²) in [6.07, 6.45) is 0.881. The maximum atomic E-state index is 9.05. The average molecular weight is 242 g/mol. The number of halogens is 1. The van der Waals surface area contributed by atoms with E-state index in [2.05, 4.69) is 22.0 Å². The van der Waals surface area contributed by atoms with E-state index in [-0.39, 0.29) is 12.1 Å². The monoisotopic (exact) mass is 241 g/mol. The molecule has 2 unspecified atom stereocenters. The van der Waals surface area contributed by atoms with Crippen molar-refractivity contribution in [1.82, 2.24) is 0 Å². The normalized spacial score (nSPS) is 31.8. The van der Waals surface area contributed by atoms with Gasteiger partial charge in [-0.25, -0.2) is 0 Å². The third-order valence-electron chi connectivity index (χ3n) is 2.69. The number of nitrogens with two attached hydrogens (primary N) is 1. The average Bonchev–Trinajstić information content (AvgIpc) is 2.80. The van der Waals surface area contributed by atoms with Crippen molar-refractivity contribution in [3.63, 3.8) is 0 Å². The molecule has 0 spiro atoms. The number of hydrogen-bond acceptors (Lipinski definition) is 2. The molecule has 0 aromatic heterocycles. The van der Waals surface area contributed by atoms with Crippen LogP contribution < -0.4 is 5.73 Å². The Kier molecular flexibility index (Phi) is 2.18. The number of hydrogen-bond donors (Lipinski definition) is 2. The number of benzene rings is 1. The van der Waals surface area contributed by atoms with E-state index in [1.807, 2.05) is 18.2 Å². The second kappa shape index (κ2) is 3.08. The third kappa shape index (κ3) is 1.52. The zero-order valence-corrected chi connectivity index (χ0v) is 8.79. The summed E-state index contributed by atoms with van der Waals surface area (Å²) in [5.41, 5.74) is 6.76. The molecule has 1 aromatic carbocycles. The Morgan fingerprint density at radius 3 is 2.77 bits per heavy atom. The van der Waals surface area contributed by atoms with Crippen LogP contribution in [0.1, 0.15) is 17.9 Å². The smallest absolute Gasteiger partial charge is 0.0617 e. The zero-order chi connectivity index (χ0) is 9.47. The van der Waals surface area contributed by atoms with Crippen molar-refractivity contribution in [2.75, 3.05) is 6.61 Å². The molecular formula is C10H12BrNO. The van der Waals surface area contributed by atoms with E-state index in [4.69, 9.17) is 10.8 Å². The standard InChI is InChI=1S/C10H12BrNO/c11-9-4-2-1-3-7(9)8-5-10(8,12)6-13/h1-4,8,13H,5-6,12H2. The van der Waals surface area contributed by atoms with E-state index in [1.54, 1.807) is 0 Å². The Morgan fingerprint density at radius 2 is 2.23 bits per heavy atom. The van der Waals surface area contributed by atoms with Crippen LogP contribution in [0.2, 0.25) is 0 Å². The van der Waals surface area contributed by atoms with Crippen molar-refractivity contribution in [2.45, 2.75) is 17.9 Å². The molecule has 0 bridgehead atoms. The highest BCUT2D eigenvalue weighted by molar-refractivity contribution is 9.10. The van der Waals surface area contributed by atoms with Gasteiger partial charge in [0.25, 0.3) is 0 Å². The van der Waals surface area contributed by atoms with Crippen LogP contribution in [0.3, 0.4) is 0 Å². The van der Waals surface area contributed by atoms with E-state index in [0.717, 1.165) is 10.9 Å². The summed E-state index contributed by atoms with van der Waals surface area (Å²) < 4.78 is 1.08. The Morgan fingerprint density at radius 1 is 1.54 bits per heavy atom. The molecule has 1 aliphatic carbocycles. The molecule has 0 amide bonds.